The molecule has 2 heterocycles. The molecule has 2 aromatic rings. The lowest BCUT2D eigenvalue weighted by atomic mass is 10.3. The molecule has 30 heavy (non-hydrogen) atoms. The van der Waals surface area contributed by atoms with Gasteiger partial charge in [-0.3, -0.25) is 0 Å². The average molecular weight is 486 g/mol. The van der Waals surface area contributed by atoms with Crippen LogP contribution in [0, 0.1) is 0 Å². The molecule has 0 fully saturated rings. The van der Waals surface area contributed by atoms with E-state index < -0.39 is 0 Å². The maximum Gasteiger partial charge on any atom is 0.223 e. The monoisotopic (exact) mass is 485 g/mol. The highest BCUT2D eigenvalue weighted by Gasteiger charge is 2.20. The summed E-state index contributed by atoms with van der Waals surface area (Å²) in [6.45, 7) is 5.04. The minimum atomic E-state index is 0. The molecule has 0 aromatic carbocycles. The third kappa shape index (κ3) is 9.99. The van der Waals surface area contributed by atoms with Crippen LogP contribution in [0.1, 0.15) is 6.42 Å². The Morgan fingerprint density at radius 2 is 1.13 bits per heavy atom. The van der Waals surface area contributed by atoms with Crippen LogP contribution < -0.4 is 37.9 Å². The normalized spacial score (nSPS) is 11.6. The van der Waals surface area contributed by atoms with Crippen LogP contribution in [-0.4, -0.2) is 96.5 Å². The fraction of sp³-hybridized carbons (Fsp3) is 0.579. The van der Waals surface area contributed by atoms with Crippen molar-refractivity contribution in [3.05, 3.63) is 24.5 Å². The summed E-state index contributed by atoms with van der Waals surface area (Å²) >= 11 is 0. The lowest BCUT2D eigenvalue weighted by molar-refractivity contribution is -0.909. The SMILES string of the molecule is C[N+](C)(CCC[N+](C)(C)CCOc1ccnc(N)n1)CCOc1ccnc(N)n1.[Br-]. The van der Waals surface area contributed by atoms with E-state index in [4.69, 9.17) is 20.9 Å². The van der Waals surface area contributed by atoms with Crippen LogP contribution in [0.5, 0.6) is 11.8 Å². The van der Waals surface area contributed by atoms with Gasteiger partial charge in [0.15, 0.2) is 0 Å². The molecule has 0 bridgehead atoms. The summed E-state index contributed by atoms with van der Waals surface area (Å²) in [5.74, 6) is 1.48. The summed E-state index contributed by atoms with van der Waals surface area (Å²) in [6, 6.07) is 3.43. The second kappa shape index (κ2) is 11.8. The molecule has 4 N–H and O–H groups in total. The zero-order valence-electron chi connectivity index (χ0n) is 18.3. The number of anilines is 2. The Morgan fingerprint density at radius 3 is 1.50 bits per heavy atom. The fourth-order valence-electron chi connectivity index (χ4n) is 2.82. The van der Waals surface area contributed by atoms with Gasteiger partial charge in [-0.15, -0.1) is 0 Å². The Hall–Kier alpha value is -2.24. The van der Waals surface area contributed by atoms with E-state index in [9.17, 15) is 0 Å². The molecule has 0 aliphatic rings. The van der Waals surface area contributed by atoms with Crippen molar-refractivity contribution in [2.75, 3.05) is 79.1 Å². The molecule has 0 aliphatic heterocycles. The van der Waals surface area contributed by atoms with Gasteiger partial charge in [-0.1, -0.05) is 0 Å². The van der Waals surface area contributed by atoms with E-state index in [1.165, 1.54) is 0 Å². The summed E-state index contributed by atoms with van der Waals surface area (Å²) in [5.41, 5.74) is 11.1. The van der Waals surface area contributed by atoms with E-state index in [1.54, 1.807) is 24.5 Å². The summed E-state index contributed by atoms with van der Waals surface area (Å²) < 4.78 is 13.1. The molecule has 0 atom stereocenters. The quantitative estimate of drug-likeness (QED) is 0.314. The third-order valence-electron chi connectivity index (χ3n) is 4.72. The lowest BCUT2D eigenvalue weighted by Crippen LogP contribution is -3.00. The second-order valence-electron chi connectivity index (χ2n) is 8.32. The first-order valence-electron chi connectivity index (χ1n) is 9.72. The number of likely N-dealkylation sites (N-methyl/N-ethyl adjacent to an activating group) is 2. The van der Waals surface area contributed by atoms with Crippen molar-refractivity contribution in [1.82, 2.24) is 19.9 Å². The van der Waals surface area contributed by atoms with Gasteiger partial charge < -0.3 is 46.9 Å². The molecule has 0 amide bonds. The molecule has 168 valence electrons. The first-order valence-corrected chi connectivity index (χ1v) is 9.72. The van der Waals surface area contributed by atoms with Crippen LogP contribution in [0.3, 0.4) is 0 Å². The average Bonchev–Trinajstić information content (AvgIpc) is 2.61. The molecule has 10 nitrogen and oxygen atoms in total. The van der Waals surface area contributed by atoms with Gasteiger partial charge in [0, 0.05) is 30.9 Å². The van der Waals surface area contributed by atoms with Crippen molar-refractivity contribution in [1.29, 1.82) is 0 Å². The Kier molecular flexibility index (Phi) is 10.2. The van der Waals surface area contributed by atoms with Gasteiger partial charge in [0.2, 0.25) is 23.7 Å². The molecule has 0 saturated carbocycles. The minimum absolute atomic E-state index is 0. The molecule has 2 aromatic heterocycles. The maximum atomic E-state index is 5.69. The summed E-state index contributed by atoms with van der Waals surface area (Å²) in [7, 11) is 8.83. The number of nitrogens with zero attached hydrogens (tertiary/aromatic N) is 6. The largest absolute Gasteiger partial charge is 1.00 e. The van der Waals surface area contributed by atoms with Crippen LogP contribution >= 0.6 is 0 Å². The molecule has 0 aliphatic carbocycles. The van der Waals surface area contributed by atoms with Crippen molar-refractivity contribution < 1.29 is 35.4 Å². The number of nitrogens with two attached hydrogens (primary N) is 2. The van der Waals surface area contributed by atoms with Gasteiger partial charge in [-0.05, 0) is 0 Å². The van der Waals surface area contributed by atoms with Crippen molar-refractivity contribution in [2.45, 2.75) is 6.42 Å². The highest BCUT2D eigenvalue weighted by molar-refractivity contribution is 5.21. The predicted octanol–water partition coefficient (Wildman–Crippen LogP) is -2.56. The first kappa shape index (κ1) is 25.8. The number of hydrogen-bond donors (Lipinski definition) is 2. The molecular weight excluding hydrogens is 452 g/mol. The molecular formula is C19H34BrN8O2+. The zero-order valence-corrected chi connectivity index (χ0v) is 19.9. The van der Waals surface area contributed by atoms with Gasteiger partial charge in [-0.2, -0.15) is 9.97 Å². The summed E-state index contributed by atoms with van der Waals surface area (Å²) in [5, 5.41) is 0. The van der Waals surface area contributed by atoms with Gasteiger partial charge in [0.1, 0.15) is 26.3 Å². The standard InChI is InChI=1S/C19H34N8O2.BrH/c1-26(2,12-14-28-16-6-8-22-18(20)24-16)10-5-11-27(3,4)13-15-29-17-7-9-23-19(21)25-17;/h6-9H,5,10-15H2,1-4H3,(H2,20,22,24)(H2,21,23,25);1H/q+2;/p-1. The number of quaternary nitrogens is 2. The fourth-order valence-corrected chi connectivity index (χ4v) is 2.82. The maximum absolute atomic E-state index is 5.69. The highest BCUT2D eigenvalue weighted by Crippen LogP contribution is 2.09. The van der Waals surface area contributed by atoms with Gasteiger partial charge in [0.05, 0.1) is 41.3 Å². The van der Waals surface area contributed by atoms with Crippen LogP contribution in [-0.2, 0) is 0 Å². The van der Waals surface area contributed by atoms with E-state index in [-0.39, 0.29) is 28.9 Å². The van der Waals surface area contributed by atoms with E-state index in [0.717, 1.165) is 41.6 Å². The summed E-state index contributed by atoms with van der Waals surface area (Å²) in [4.78, 5) is 15.8. The van der Waals surface area contributed by atoms with Gasteiger partial charge >= 0.3 is 0 Å². The minimum Gasteiger partial charge on any atom is -1.00 e. The number of aromatic nitrogens is 4. The number of nitrogen functional groups attached to an aromatic ring is 2. The smallest absolute Gasteiger partial charge is 0.223 e. The Morgan fingerprint density at radius 1 is 0.733 bits per heavy atom. The molecule has 2 rings (SSSR count). The molecule has 11 heteroatoms. The molecule has 0 radical (unpaired) electrons. The van der Waals surface area contributed by atoms with Crippen LogP contribution in [0.2, 0.25) is 0 Å². The Labute approximate surface area is 189 Å². The Bertz CT molecular complexity index is 712. The van der Waals surface area contributed by atoms with Crippen LogP contribution in [0.15, 0.2) is 24.5 Å². The van der Waals surface area contributed by atoms with E-state index in [0.29, 0.717) is 25.0 Å². The number of halogens is 1. The summed E-state index contributed by atoms with van der Waals surface area (Å²) in [6.07, 6.45) is 4.29. The Balaban J connectivity index is 0.00000450. The van der Waals surface area contributed by atoms with E-state index >= 15 is 0 Å². The van der Waals surface area contributed by atoms with Crippen molar-refractivity contribution in [2.24, 2.45) is 0 Å². The zero-order chi connectivity index (χ0) is 21.3. The molecule has 0 unspecified atom stereocenters. The number of rotatable bonds is 12. The molecule has 0 spiro atoms. The van der Waals surface area contributed by atoms with Gasteiger partial charge in [0.25, 0.3) is 0 Å². The van der Waals surface area contributed by atoms with Crippen molar-refractivity contribution >= 4 is 11.9 Å². The molecule has 0 saturated heterocycles. The number of ether oxygens (including phenoxy) is 2. The van der Waals surface area contributed by atoms with Crippen LogP contribution in [0.25, 0.3) is 0 Å². The van der Waals surface area contributed by atoms with Crippen LogP contribution in [0.4, 0.5) is 11.9 Å². The van der Waals surface area contributed by atoms with Gasteiger partial charge in [-0.25, -0.2) is 9.97 Å². The lowest BCUT2D eigenvalue weighted by Gasteiger charge is -2.33. The number of hydrogen-bond acceptors (Lipinski definition) is 8. The van der Waals surface area contributed by atoms with E-state index in [1.807, 2.05) is 0 Å². The third-order valence-corrected chi connectivity index (χ3v) is 4.72. The van der Waals surface area contributed by atoms with Crippen molar-refractivity contribution in [3.8, 4) is 11.8 Å². The topological polar surface area (TPSA) is 122 Å². The highest BCUT2D eigenvalue weighted by atomic mass is 79.9. The second-order valence-corrected chi connectivity index (χ2v) is 8.32. The predicted molar refractivity (Wildman–Crippen MR) is 112 cm³/mol. The van der Waals surface area contributed by atoms with E-state index in [2.05, 4.69) is 48.1 Å². The van der Waals surface area contributed by atoms with Crippen molar-refractivity contribution in [3.63, 3.8) is 0 Å². The first-order chi connectivity index (χ1) is 13.7.